The average Bonchev–Trinajstić information content (AvgIpc) is 3.47. The van der Waals surface area contributed by atoms with Crippen LogP contribution in [0.2, 0.25) is 5.02 Å². The molecule has 2 amide bonds. The molecule has 206 valence electrons. The van der Waals surface area contributed by atoms with E-state index in [4.69, 9.17) is 11.6 Å². The van der Waals surface area contributed by atoms with Crippen LogP contribution in [0.3, 0.4) is 0 Å². The highest BCUT2D eigenvalue weighted by Crippen LogP contribution is 2.41. The number of carbonyl (C=O) groups is 2. The van der Waals surface area contributed by atoms with Crippen LogP contribution in [0.25, 0.3) is 16.5 Å². The quantitative estimate of drug-likeness (QED) is 0.343. The van der Waals surface area contributed by atoms with Gasteiger partial charge >= 0.3 is 6.18 Å². The summed E-state index contributed by atoms with van der Waals surface area (Å²) in [6.07, 6.45) is -2.41. The first-order valence-corrected chi connectivity index (χ1v) is 13.9. The van der Waals surface area contributed by atoms with E-state index in [1.165, 1.54) is 17.0 Å². The maximum atomic E-state index is 13.9. The number of nitrogens with one attached hydrogen (secondary N) is 1. The van der Waals surface area contributed by atoms with Crippen molar-refractivity contribution in [3.05, 3.63) is 75.3 Å². The van der Waals surface area contributed by atoms with Gasteiger partial charge in [-0.25, -0.2) is 0 Å². The summed E-state index contributed by atoms with van der Waals surface area (Å²) in [4.78, 5) is 35.6. The van der Waals surface area contributed by atoms with Crippen molar-refractivity contribution in [1.82, 2.24) is 19.7 Å². The lowest BCUT2D eigenvalue weighted by atomic mass is 9.93. The molecular weight excluding hydrogens is 549 g/mol. The molecule has 11 heteroatoms. The molecule has 1 N–H and O–H groups in total. The van der Waals surface area contributed by atoms with Crippen LogP contribution in [0.1, 0.15) is 23.1 Å². The number of halogens is 4. The molecule has 0 spiro atoms. The van der Waals surface area contributed by atoms with Gasteiger partial charge in [0.25, 0.3) is 11.1 Å². The molecule has 6 nitrogen and oxygen atoms in total. The maximum absolute atomic E-state index is 13.9. The number of aromatic nitrogens is 1. The summed E-state index contributed by atoms with van der Waals surface area (Å²) in [7, 11) is 2.08. The summed E-state index contributed by atoms with van der Waals surface area (Å²) < 4.78 is 41.8. The predicted octanol–water partition coefficient (Wildman–Crippen LogP) is 6.13. The van der Waals surface area contributed by atoms with Crippen molar-refractivity contribution < 1.29 is 22.8 Å². The van der Waals surface area contributed by atoms with E-state index in [2.05, 4.69) is 21.8 Å². The van der Waals surface area contributed by atoms with E-state index in [0.717, 1.165) is 61.5 Å². The number of allylic oxidation sites excluding steroid dienone is 1. The largest absolute Gasteiger partial charge is 0.416 e. The molecule has 0 bridgehead atoms. The zero-order chi connectivity index (χ0) is 27.7. The number of aromatic amines is 1. The molecule has 2 aliphatic rings. The molecular formula is C28H28ClF3N4O2S. The summed E-state index contributed by atoms with van der Waals surface area (Å²) in [5.41, 5.74) is 0.959. The van der Waals surface area contributed by atoms with Crippen LogP contribution in [0.15, 0.2) is 53.6 Å². The normalized spacial score (nSPS) is 18.9. The fourth-order valence-corrected chi connectivity index (χ4v) is 6.15. The van der Waals surface area contributed by atoms with Gasteiger partial charge in [0.05, 0.1) is 10.5 Å². The molecule has 3 heterocycles. The first-order chi connectivity index (χ1) is 18.6. The second-order valence-electron chi connectivity index (χ2n) is 9.89. The van der Waals surface area contributed by atoms with Gasteiger partial charge < -0.3 is 14.8 Å². The van der Waals surface area contributed by atoms with Gasteiger partial charge in [-0.15, -0.1) is 0 Å². The minimum Gasteiger partial charge on any atom is -0.361 e. The van der Waals surface area contributed by atoms with Gasteiger partial charge in [0.1, 0.15) is 0 Å². The van der Waals surface area contributed by atoms with E-state index in [1.54, 1.807) is 12.3 Å². The van der Waals surface area contributed by atoms with Crippen LogP contribution >= 0.6 is 23.4 Å². The van der Waals surface area contributed by atoms with Crippen molar-refractivity contribution in [2.75, 3.05) is 46.3 Å². The second-order valence-corrected chi connectivity index (χ2v) is 11.3. The molecule has 1 aromatic heterocycles. The molecule has 2 fully saturated rings. The summed E-state index contributed by atoms with van der Waals surface area (Å²) in [5.74, 6) is -0.463. The number of piperazine rings is 1. The van der Waals surface area contributed by atoms with E-state index < -0.39 is 22.9 Å². The first-order valence-electron chi connectivity index (χ1n) is 12.7. The third-order valence-corrected chi connectivity index (χ3v) is 8.48. The van der Waals surface area contributed by atoms with Crippen molar-refractivity contribution in [2.24, 2.45) is 0 Å². The SMILES string of the molecule is CN1CCN(CCCN2C(=O)S/C(=C(/Cc3ccc(Cl)cc3C(F)(F)F)c3ccc4[nH]ccc4c3)C2=O)CC1. The Labute approximate surface area is 233 Å². The number of fused-ring (bicyclic) bond motifs is 1. The highest BCUT2D eigenvalue weighted by molar-refractivity contribution is 8.18. The Kier molecular flexibility index (Phi) is 8.09. The highest BCUT2D eigenvalue weighted by Gasteiger charge is 2.38. The van der Waals surface area contributed by atoms with Crippen LogP contribution in [0.4, 0.5) is 18.0 Å². The number of imide groups is 1. The smallest absolute Gasteiger partial charge is 0.361 e. The molecule has 2 aliphatic heterocycles. The van der Waals surface area contributed by atoms with Crippen LogP contribution in [-0.4, -0.2) is 77.1 Å². The van der Waals surface area contributed by atoms with E-state index in [1.807, 2.05) is 18.2 Å². The minimum absolute atomic E-state index is 0.0158. The van der Waals surface area contributed by atoms with E-state index >= 15 is 0 Å². The molecule has 0 aliphatic carbocycles. The number of likely N-dealkylation sites (N-methyl/N-ethyl adjacent to an activating group) is 1. The van der Waals surface area contributed by atoms with Crippen molar-refractivity contribution in [3.8, 4) is 0 Å². The average molecular weight is 577 g/mol. The molecule has 0 atom stereocenters. The minimum atomic E-state index is -4.63. The van der Waals surface area contributed by atoms with Crippen LogP contribution in [0, 0.1) is 0 Å². The number of H-pyrrole nitrogens is 1. The maximum Gasteiger partial charge on any atom is 0.416 e. The van der Waals surface area contributed by atoms with E-state index in [0.29, 0.717) is 17.6 Å². The molecule has 2 saturated heterocycles. The van der Waals surface area contributed by atoms with Crippen molar-refractivity contribution in [2.45, 2.75) is 19.0 Å². The van der Waals surface area contributed by atoms with Crippen molar-refractivity contribution in [3.63, 3.8) is 0 Å². The highest BCUT2D eigenvalue weighted by atomic mass is 35.5. The van der Waals surface area contributed by atoms with Gasteiger partial charge in [-0.05, 0) is 90.6 Å². The Morgan fingerprint density at radius 1 is 1.03 bits per heavy atom. The summed E-state index contributed by atoms with van der Waals surface area (Å²) in [5, 5.41) is 0.423. The lowest BCUT2D eigenvalue weighted by Gasteiger charge is -2.32. The lowest BCUT2D eigenvalue weighted by Crippen LogP contribution is -2.45. The second kappa shape index (κ2) is 11.4. The number of amides is 2. The number of hydrogen-bond donors (Lipinski definition) is 1. The van der Waals surface area contributed by atoms with E-state index in [-0.39, 0.29) is 28.5 Å². The Balaban J connectivity index is 1.46. The third-order valence-electron chi connectivity index (χ3n) is 7.22. The Morgan fingerprint density at radius 3 is 2.54 bits per heavy atom. The Morgan fingerprint density at radius 2 is 1.79 bits per heavy atom. The molecule has 2 aromatic carbocycles. The standard InChI is InChI=1S/C28H28ClF3N4O2S/c1-34-11-13-35(14-12-34)9-2-10-36-26(37)25(39-27(36)38)22(18-4-6-24-20(15-18)7-8-33-24)16-19-3-5-21(29)17-23(19)28(30,31)32/h3-8,15,17,33H,2,9-14,16H2,1H3/b25-22-. The number of thioether (sulfide) groups is 1. The van der Waals surface area contributed by atoms with Crippen molar-refractivity contribution in [1.29, 1.82) is 0 Å². The first kappa shape index (κ1) is 27.8. The summed E-state index contributed by atoms with van der Waals surface area (Å²) in [6.45, 7) is 4.86. The third kappa shape index (κ3) is 6.19. The van der Waals surface area contributed by atoms with Gasteiger partial charge in [0.2, 0.25) is 0 Å². The number of hydrogen-bond acceptors (Lipinski definition) is 5. The summed E-state index contributed by atoms with van der Waals surface area (Å²) in [6, 6.07) is 10.9. The molecule has 3 aromatic rings. The number of rotatable bonds is 7. The number of carbonyl (C=O) groups excluding carboxylic acids is 2. The van der Waals surface area contributed by atoms with Crippen LogP contribution in [0.5, 0.6) is 0 Å². The Hall–Kier alpha value is -2.79. The van der Waals surface area contributed by atoms with Crippen LogP contribution in [-0.2, 0) is 17.4 Å². The lowest BCUT2D eigenvalue weighted by molar-refractivity contribution is -0.138. The van der Waals surface area contributed by atoms with Gasteiger partial charge in [-0.2, -0.15) is 13.2 Å². The monoisotopic (exact) mass is 576 g/mol. The number of benzene rings is 2. The van der Waals surface area contributed by atoms with E-state index in [9.17, 15) is 22.8 Å². The van der Waals surface area contributed by atoms with Gasteiger partial charge in [-0.1, -0.05) is 23.7 Å². The molecule has 0 saturated carbocycles. The zero-order valence-electron chi connectivity index (χ0n) is 21.4. The van der Waals surface area contributed by atoms with Gasteiger partial charge in [0, 0.05) is 49.5 Å². The number of alkyl halides is 3. The fourth-order valence-electron chi connectivity index (χ4n) is 5.01. The van der Waals surface area contributed by atoms with Crippen LogP contribution < -0.4 is 0 Å². The zero-order valence-corrected chi connectivity index (χ0v) is 22.9. The van der Waals surface area contributed by atoms with Gasteiger partial charge in [0.15, 0.2) is 0 Å². The Bertz CT molecular complexity index is 1430. The topological polar surface area (TPSA) is 59.6 Å². The van der Waals surface area contributed by atoms with Crippen molar-refractivity contribution >= 4 is 51.0 Å². The molecule has 0 unspecified atom stereocenters. The summed E-state index contributed by atoms with van der Waals surface area (Å²) >= 11 is 6.69. The number of nitrogens with zero attached hydrogens (tertiary/aromatic N) is 3. The predicted molar refractivity (Wildman–Crippen MR) is 149 cm³/mol. The fraction of sp³-hybridized carbons (Fsp3) is 0.357. The molecule has 0 radical (unpaired) electrons. The molecule has 39 heavy (non-hydrogen) atoms. The van der Waals surface area contributed by atoms with Gasteiger partial charge in [-0.3, -0.25) is 14.5 Å². The molecule has 5 rings (SSSR count).